The number of fused-ring (bicyclic) bond motifs is 1. The molecule has 0 saturated heterocycles. The van der Waals surface area contributed by atoms with E-state index in [1.807, 2.05) is 19.0 Å². The van der Waals surface area contributed by atoms with Gasteiger partial charge in [0.2, 0.25) is 0 Å². The van der Waals surface area contributed by atoms with Gasteiger partial charge < -0.3 is 25.0 Å². The van der Waals surface area contributed by atoms with Crippen molar-refractivity contribution in [1.29, 1.82) is 0 Å². The molecule has 1 aromatic heterocycles. The molecule has 1 aliphatic rings. The Balaban J connectivity index is 1.61. The van der Waals surface area contributed by atoms with Crippen molar-refractivity contribution in [2.45, 2.75) is 6.42 Å². The molecule has 0 aliphatic carbocycles. The van der Waals surface area contributed by atoms with E-state index in [1.54, 1.807) is 24.3 Å². The first-order chi connectivity index (χ1) is 13.5. The Hall–Kier alpha value is -3.13. The second-order valence-electron chi connectivity index (χ2n) is 6.66. The minimum absolute atomic E-state index is 0.208. The standard InChI is InChI=1S/C20H24N4O4/c1-24(2)9-3-7-22-20(26)16-12-14(6-8-21-16)19(25)23-15-4-5-17-18(13-15)28-11-10-27-17/h4-6,8,12-13H,3,7,9-11H2,1-2H3,(H,22,26)(H,23,25). The van der Waals surface area contributed by atoms with Gasteiger partial charge in [-0.2, -0.15) is 0 Å². The zero-order valence-electron chi connectivity index (χ0n) is 16.0. The average Bonchev–Trinajstić information content (AvgIpc) is 2.71. The van der Waals surface area contributed by atoms with E-state index in [0.29, 0.717) is 42.5 Å². The van der Waals surface area contributed by atoms with Gasteiger partial charge in [0.05, 0.1) is 0 Å². The van der Waals surface area contributed by atoms with Crippen LogP contribution in [-0.4, -0.2) is 62.1 Å². The molecule has 0 bridgehead atoms. The Morgan fingerprint density at radius 1 is 1.07 bits per heavy atom. The summed E-state index contributed by atoms with van der Waals surface area (Å²) in [7, 11) is 3.96. The van der Waals surface area contributed by atoms with Gasteiger partial charge in [-0.3, -0.25) is 14.6 Å². The van der Waals surface area contributed by atoms with Crippen LogP contribution < -0.4 is 20.1 Å². The lowest BCUT2D eigenvalue weighted by Gasteiger charge is -2.19. The highest BCUT2D eigenvalue weighted by Gasteiger charge is 2.15. The van der Waals surface area contributed by atoms with Gasteiger partial charge in [0.25, 0.3) is 11.8 Å². The number of aromatic nitrogens is 1. The Morgan fingerprint density at radius 2 is 1.86 bits per heavy atom. The van der Waals surface area contributed by atoms with E-state index in [0.717, 1.165) is 13.0 Å². The van der Waals surface area contributed by atoms with E-state index >= 15 is 0 Å². The summed E-state index contributed by atoms with van der Waals surface area (Å²) in [5.74, 6) is 0.617. The zero-order valence-corrected chi connectivity index (χ0v) is 16.0. The molecule has 148 valence electrons. The number of rotatable bonds is 7. The minimum Gasteiger partial charge on any atom is -0.486 e. The summed E-state index contributed by atoms with van der Waals surface area (Å²) in [6.45, 7) is 2.41. The zero-order chi connectivity index (χ0) is 19.9. The molecular formula is C20H24N4O4. The van der Waals surface area contributed by atoms with Crippen LogP contribution >= 0.6 is 0 Å². The van der Waals surface area contributed by atoms with Crippen LogP contribution in [0.1, 0.15) is 27.3 Å². The summed E-state index contributed by atoms with van der Waals surface area (Å²) in [6, 6.07) is 8.25. The molecule has 0 radical (unpaired) electrons. The van der Waals surface area contributed by atoms with Crippen LogP contribution in [-0.2, 0) is 0 Å². The number of nitrogens with one attached hydrogen (secondary N) is 2. The van der Waals surface area contributed by atoms with Crippen molar-refractivity contribution in [3.63, 3.8) is 0 Å². The highest BCUT2D eigenvalue weighted by molar-refractivity contribution is 6.05. The number of nitrogens with zero attached hydrogens (tertiary/aromatic N) is 2. The van der Waals surface area contributed by atoms with E-state index in [9.17, 15) is 9.59 Å². The van der Waals surface area contributed by atoms with Gasteiger partial charge in [0.15, 0.2) is 11.5 Å². The molecule has 1 aromatic carbocycles. The molecule has 2 aromatic rings. The van der Waals surface area contributed by atoms with Crippen LogP contribution in [0.3, 0.4) is 0 Å². The number of amides is 2. The number of benzene rings is 1. The maximum Gasteiger partial charge on any atom is 0.269 e. The summed E-state index contributed by atoms with van der Waals surface area (Å²) in [4.78, 5) is 30.9. The van der Waals surface area contributed by atoms with Gasteiger partial charge in [-0.05, 0) is 51.3 Å². The molecule has 3 rings (SSSR count). The number of carbonyl (C=O) groups is 2. The summed E-state index contributed by atoms with van der Waals surface area (Å²) >= 11 is 0. The molecule has 2 heterocycles. The number of anilines is 1. The van der Waals surface area contributed by atoms with Crippen molar-refractivity contribution in [2.75, 3.05) is 45.7 Å². The minimum atomic E-state index is -0.333. The highest BCUT2D eigenvalue weighted by Crippen LogP contribution is 2.32. The molecule has 1 aliphatic heterocycles. The SMILES string of the molecule is CN(C)CCCNC(=O)c1cc(C(=O)Nc2ccc3c(c2)OCCO3)ccn1. The predicted molar refractivity (Wildman–Crippen MR) is 105 cm³/mol. The van der Waals surface area contributed by atoms with Crippen molar-refractivity contribution in [2.24, 2.45) is 0 Å². The molecule has 2 amide bonds. The average molecular weight is 384 g/mol. The molecule has 8 nitrogen and oxygen atoms in total. The Morgan fingerprint density at radius 3 is 2.64 bits per heavy atom. The molecule has 0 spiro atoms. The predicted octanol–water partition coefficient (Wildman–Crippen LogP) is 1.79. The summed E-state index contributed by atoms with van der Waals surface area (Å²) in [6.07, 6.45) is 2.29. The smallest absolute Gasteiger partial charge is 0.269 e. The van der Waals surface area contributed by atoms with Gasteiger partial charge in [-0.25, -0.2) is 0 Å². The topological polar surface area (TPSA) is 92.8 Å². The normalized spacial score (nSPS) is 12.5. The fourth-order valence-corrected chi connectivity index (χ4v) is 2.71. The fraction of sp³-hybridized carbons (Fsp3) is 0.350. The number of ether oxygens (including phenoxy) is 2. The van der Waals surface area contributed by atoms with Crippen molar-refractivity contribution in [1.82, 2.24) is 15.2 Å². The third kappa shape index (κ3) is 5.20. The lowest BCUT2D eigenvalue weighted by molar-refractivity contribution is 0.0947. The van der Waals surface area contributed by atoms with E-state index < -0.39 is 0 Å². The highest BCUT2D eigenvalue weighted by atomic mass is 16.6. The number of hydrogen-bond acceptors (Lipinski definition) is 6. The fourth-order valence-electron chi connectivity index (χ4n) is 2.71. The van der Waals surface area contributed by atoms with E-state index in [4.69, 9.17) is 9.47 Å². The van der Waals surface area contributed by atoms with Gasteiger partial charge in [-0.15, -0.1) is 0 Å². The van der Waals surface area contributed by atoms with Crippen LogP contribution in [0.2, 0.25) is 0 Å². The van der Waals surface area contributed by atoms with Crippen LogP contribution in [0, 0.1) is 0 Å². The van der Waals surface area contributed by atoms with Crippen LogP contribution in [0.15, 0.2) is 36.5 Å². The number of carbonyl (C=O) groups excluding carboxylic acids is 2. The summed E-state index contributed by atoms with van der Waals surface area (Å²) < 4.78 is 11.0. The van der Waals surface area contributed by atoms with Crippen LogP contribution in [0.4, 0.5) is 5.69 Å². The van der Waals surface area contributed by atoms with Crippen molar-refractivity contribution in [3.05, 3.63) is 47.8 Å². The Bertz CT molecular complexity index is 854. The first kappa shape index (κ1) is 19.6. The van der Waals surface area contributed by atoms with E-state index in [1.165, 1.54) is 12.3 Å². The van der Waals surface area contributed by atoms with Gasteiger partial charge in [0.1, 0.15) is 18.9 Å². The second kappa shape index (κ2) is 9.18. The van der Waals surface area contributed by atoms with Crippen LogP contribution in [0.5, 0.6) is 11.5 Å². The second-order valence-corrected chi connectivity index (χ2v) is 6.66. The van der Waals surface area contributed by atoms with Gasteiger partial charge >= 0.3 is 0 Å². The summed E-state index contributed by atoms with van der Waals surface area (Å²) in [5.41, 5.74) is 1.14. The molecule has 0 saturated carbocycles. The Kier molecular flexibility index (Phi) is 6.44. The molecule has 28 heavy (non-hydrogen) atoms. The third-order valence-corrected chi connectivity index (χ3v) is 4.12. The first-order valence-corrected chi connectivity index (χ1v) is 9.13. The monoisotopic (exact) mass is 384 g/mol. The number of pyridine rings is 1. The molecule has 0 atom stereocenters. The molecule has 2 N–H and O–H groups in total. The molecule has 0 fully saturated rings. The maximum absolute atomic E-state index is 12.5. The summed E-state index contributed by atoms with van der Waals surface area (Å²) in [5, 5.41) is 5.61. The van der Waals surface area contributed by atoms with Crippen molar-refractivity contribution >= 4 is 17.5 Å². The van der Waals surface area contributed by atoms with E-state index in [-0.39, 0.29) is 17.5 Å². The van der Waals surface area contributed by atoms with Gasteiger partial charge in [-0.1, -0.05) is 0 Å². The largest absolute Gasteiger partial charge is 0.486 e. The lowest BCUT2D eigenvalue weighted by atomic mass is 10.2. The first-order valence-electron chi connectivity index (χ1n) is 9.13. The lowest BCUT2D eigenvalue weighted by Crippen LogP contribution is -2.28. The van der Waals surface area contributed by atoms with Crippen molar-refractivity contribution < 1.29 is 19.1 Å². The molecule has 8 heteroatoms. The number of hydrogen-bond donors (Lipinski definition) is 2. The molecule has 0 unspecified atom stereocenters. The molecular weight excluding hydrogens is 360 g/mol. The third-order valence-electron chi connectivity index (χ3n) is 4.12. The quantitative estimate of drug-likeness (QED) is 0.707. The van der Waals surface area contributed by atoms with Gasteiger partial charge in [0, 0.05) is 30.1 Å². The van der Waals surface area contributed by atoms with Crippen LogP contribution in [0.25, 0.3) is 0 Å². The Labute approximate surface area is 163 Å². The van der Waals surface area contributed by atoms with Crippen molar-refractivity contribution in [3.8, 4) is 11.5 Å². The van der Waals surface area contributed by atoms with E-state index in [2.05, 4.69) is 15.6 Å². The maximum atomic E-state index is 12.5.